The summed E-state index contributed by atoms with van der Waals surface area (Å²) in [7, 11) is -0.876. The van der Waals surface area contributed by atoms with Gasteiger partial charge in [0.05, 0.1) is 11.0 Å². The lowest BCUT2D eigenvalue weighted by molar-refractivity contribution is 0.161. The summed E-state index contributed by atoms with van der Waals surface area (Å²) in [6.45, 7) is 6.84. The van der Waals surface area contributed by atoms with Gasteiger partial charge in [0.2, 0.25) is 0 Å². The van der Waals surface area contributed by atoms with E-state index in [2.05, 4.69) is 16.8 Å². The molecule has 0 saturated carbocycles. The van der Waals surface area contributed by atoms with Gasteiger partial charge >= 0.3 is 0 Å². The molecule has 0 aromatic rings. The third-order valence-electron chi connectivity index (χ3n) is 3.47. The molecule has 6 heteroatoms. The van der Waals surface area contributed by atoms with Crippen LogP contribution in [0.15, 0.2) is 0 Å². The minimum absolute atomic E-state index is 0.262. The molecule has 1 rings (SSSR count). The zero-order chi connectivity index (χ0) is 12.9. The molecule has 0 aliphatic carbocycles. The van der Waals surface area contributed by atoms with E-state index in [1.165, 1.54) is 0 Å². The Hall–Kier alpha value is -0.170. The second-order valence-electron chi connectivity index (χ2n) is 4.90. The van der Waals surface area contributed by atoms with Gasteiger partial charge in [-0.25, -0.2) is 8.42 Å². The van der Waals surface area contributed by atoms with Crippen molar-refractivity contribution in [2.45, 2.75) is 18.6 Å². The molecule has 1 saturated heterocycles. The normalized spacial score (nSPS) is 21.6. The van der Waals surface area contributed by atoms with E-state index in [1.54, 1.807) is 6.92 Å². The van der Waals surface area contributed by atoms with Crippen LogP contribution in [0.5, 0.6) is 0 Å². The van der Waals surface area contributed by atoms with Gasteiger partial charge in [-0.1, -0.05) is 0 Å². The summed E-state index contributed by atoms with van der Waals surface area (Å²) in [5.74, 6) is 0.262. The molecule has 1 aliphatic rings. The van der Waals surface area contributed by atoms with Crippen LogP contribution in [0.1, 0.15) is 13.3 Å². The van der Waals surface area contributed by atoms with E-state index in [1.807, 2.05) is 0 Å². The molecular formula is C11H25N3O2S. The van der Waals surface area contributed by atoms with Gasteiger partial charge in [-0.05, 0) is 26.9 Å². The van der Waals surface area contributed by atoms with E-state index in [4.69, 9.17) is 5.73 Å². The zero-order valence-electron chi connectivity index (χ0n) is 10.9. The van der Waals surface area contributed by atoms with Crippen LogP contribution in [0.25, 0.3) is 0 Å². The Morgan fingerprint density at radius 2 is 1.82 bits per heavy atom. The summed E-state index contributed by atoms with van der Waals surface area (Å²) >= 11 is 0. The number of piperazine rings is 1. The molecule has 1 aliphatic heterocycles. The van der Waals surface area contributed by atoms with Crippen LogP contribution in [0, 0.1) is 0 Å². The van der Waals surface area contributed by atoms with Gasteiger partial charge in [0.1, 0.15) is 0 Å². The van der Waals surface area contributed by atoms with Crippen molar-refractivity contribution in [3.63, 3.8) is 0 Å². The van der Waals surface area contributed by atoms with Gasteiger partial charge in [0.15, 0.2) is 9.84 Å². The van der Waals surface area contributed by atoms with E-state index < -0.39 is 9.84 Å². The Kier molecular flexibility index (Phi) is 5.85. The Morgan fingerprint density at radius 3 is 2.35 bits per heavy atom. The fraction of sp³-hybridized carbons (Fsp3) is 1.00. The first-order valence-corrected chi connectivity index (χ1v) is 8.00. The standard InChI is InChI=1S/C11H25N3O2S/c1-11(3-4-12)17(15,16)10-9-14-7-5-13(2)6-8-14/h11H,3-10,12H2,1-2H3. The summed E-state index contributed by atoms with van der Waals surface area (Å²) in [5, 5.41) is -0.306. The van der Waals surface area contributed by atoms with Crippen molar-refractivity contribution in [1.82, 2.24) is 9.80 Å². The average molecular weight is 263 g/mol. The smallest absolute Gasteiger partial charge is 0.154 e. The number of hydrogen-bond donors (Lipinski definition) is 1. The van der Waals surface area contributed by atoms with Crippen LogP contribution in [0.2, 0.25) is 0 Å². The highest BCUT2D eigenvalue weighted by Gasteiger charge is 2.22. The lowest BCUT2D eigenvalue weighted by Gasteiger charge is -2.32. The van der Waals surface area contributed by atoms with Crippen LogP contribution in [-0.2, 0) is 9.84 Å². The minimum atomic E-state index is -2.97. The average Bonchev–Trinajstić information content (AvgIpc) is 2.29. The van der Waals surface area contributed by atoms with E-state index in [0.29, 0.717) is 19.5 Å². The molecule has 0 aromatic carbocycles. The van der Waals surface area contributed by atoms with Crippen LogP contribution < -0.4 is 5.73 Å². The topological polar surface area (TPSA) is 66.6 Å². The summed E-state index contributed by atoms with van der Waals surface area (Å²) in [6.07, 6.45) is 0.561. The highest BCUT2D eigenvalue weighted by molar-refractivity contribution is 7.92. The monoisotopic (exact) mass is 263 g/mol. The number of sulfone groups is 1. The number of nitrogens with two attached hydrogens (primary N) is 1. The van der Waals surface area contributed by atoms with Crippen molar-refractivity contribution in [2.24, 2.45) is 5.73 Å². The SMILES string of the molecule is CC(CCN)S(=O)(=O)CCN1CCN(C)CC1. The maximum atomic E-state index is 11.9. The van der Waals surface area contributed by atoms with Crippen molar-refractivity contribution >= 4 is 9.84 Å². The molecule has 17 heavy (non-hydrogen) atoms. The highest BCUT2D eigenvalue weighted by Crippen LogP contribution is 2.07. The Balaban J connectivity index is 2.34. The first-order valence-electron chi connectivity index (χ1n) is 6.28. The zero-order valence-corrected chi connectivity index (χ0v) is 11.7. The van der Waals surface area contributed by atoms with E-state index in [0.717, 1.165) is 26.2 Å². The predicted molar refractivity (Wildman–Crippen MR) is 70.9 cm³/mol. The van der Waals surface area contributed by atoms with Crippen molar-refractivity contribution < 1.29 is 8.42 Å². The van der Waals surface area contributed by atoms with Gasteiger partial charge in [-0.2, -0.15) is 0 Å². The number of hydrogen-bond acceptors (Lipinski definition) is 5. The Bertz CT molecular complexity index is 311. The number of nitrogens with zero attached hydrogens (tertiary/aromatic N) is 2. The summed E-state index contributed by atoms with van der Waals surface area (Å²) in [5.41, 5.74) is 5.40. The third kappa shape index (κ3) is 4.91. The molecule has 0 radical (unpaired) electrons. The molecule has 2 N–H and O–H groups in total. The third-order valence-corrected chi connectivity index (χ3v) is 5.69. The lowest BCUT2D eigenvalue weighted by atomic mass is 10.3. The first-order chi connectivity index (χ1) is 7.95. The molecule has 102 valence electrons. The largest absolute Gasteiger partial charge is 0.330 e. The quantitative estimate of drug-likeness (QED) is 0.692. The van der Waals surface area contributed by atoms with E-state index >= 15 is 0 Å². The molecule has 0 aromatic heterocycles. The predicted octanol–water partition coefficient (Wildman–Crippen LogP) is -0.614. The molecular weight excluding hydrogens is 238 g/mol. The maximum Gasteiger partial charge on any atom is 0.154 e. The second kappa shape index (κ2) is 6.68. The molecule has 1 fully saturated rings. The molecule has 1 atom stereocenters. The highest BCUT2D eigenvalue weighted by atomic mass is 32.2. The summed E-state index contributed by atoms with van der Waals surface area (Å²) in [6, 6.07) is 0. The maximum absolute atomic E-state index is 11.9. The van der Waals surface area contributed by atoms with Crippen molar-refractivity contribution in [1.29, 1.82) is 0 Å². The van der Waals surface area contributed by atoms with Crippen molar-refractivity contribution in [2.75, 3.05) is 52.1 Å². The Morgan fingerprint density at radius 1 is 1.24 bits per heavy atom. The van der Waals surface area contributed by atoms with Crippen molar-refractivity contribution in [3.05, 3.63) is 0 Å². The van der Waals surface area contributed by atoms with Crippen LogP contribution in [-0.4, -0.2) is 75.5 Å². The molecule has 0 spiro atoms. The van der Waals surface area contributed by atoms with Crippen LogP contribution in [0.3, 0.4) is 0 Å². The summed E-state index contributed by atoms with van der Waals surface area (Å²) in [4.78, 5) is 4.49. The minimum Gasteiger partial charge on any atom is -0.330 e. The van der Waals surface area contributed by atoms with E-state index in [9.17, 15) is 8.42 Å². The molecule has 0 bridgehead atoms. The molecule has 5 nitrogen and oxygen atoms in total. The fourth-order valence-electron chi connectivity index (χ4n) is 1.94. The van der Waals surface area contributed by atoms with Gasteiger partial charge in [-0.3, -0.25) is 4.90 Å². The molecule has 0 amide bonds. The summed E-state index contributed by atoms with van der Waals surface area (Å²) < 4.78 is 23.9. The van der Waals surface area contributed by atoms with Gasteiger partial charge in [-0.15, -0.1) is 0 Å². The Labute approximate surface area is 105 Å². The lowest BCUT2D eigenvalue weighted by Crippen LogP contribution is -2.46. The molecule has 1 unspecified atom stereocenters. The molecule has 1 heterocycles. The van der Waals surface area contributed by atoms with Crippen LogP contribution >= 0.6 is 0 Å². The second-order valence-corrected chi connectivity index (χ2v) is 7.44. The number of rotatable bonds is 6. The van der Waals surface area contributed by atoms with E-state index in [-0.39, 0.29) is 11.0 Å². The van der Waals surface area contributed by atoms with Crippen LogP contribution in [0.4, 0.5) is 0 Å². The van der Waals surface area contributed by atoms with Gasteiger partial charge < -0.3 is 10.6 Å². The number of likely N-dealkylation sites (N-methyl/N-ethyl adjacent to an activating group) is 1. The van der Waals surface area contributed by atoms with Gasteiger partial charge in [0, 0.05) is 32.7 Å². The van der Waals surface area contributed by atoms with Crippen molar-refractivity contribution in [3.8, 4) is 0 Å². The van der Waals surface area contributed by atoms with Gasteiger partial charge in [0.25, 0.3) is 0 Å². The first kappa shape index (κ1) is 14.9. The fourth-order valence-corrected chi connectivity index (χ4v) is 3.35.